The minimum absolute atomic E-state index is 0.0638. The van der Waals surface area contributed by atoms with Gasteiger partial charge in [-0.2, -0.15) is 0 Å². The molecule has 0 spiro atoms. The number of halogens is 1. The van der Waals surface area contributed by atoms with Crippen LogP contribution in [0.3, 0.4) is 0 Å². The molecule has 2 aromatic carbocycles. The number of carbonyl (C=O) groups is 2. The lowest BCUT2D eigenvalue weighted by Crippen LogP contribution is -2.50. The van der Waals surface area contributed by atoms with E-state index in [0.717, 1.165) is 42.5 Å². The molecule has 1 aliphatic carbocycles. The van der Waals surface area contributed by atoms with Gasteiger partial charge in [0, 0.05) is 22.3 Å². The second kappa shape index (κ2) is 11.4. The van der Waals surface area contributed by atoms with Gasteiger partial charge in [-0.15, -0.1) is 10.2 Å². The van der Waals surface area contributed by atoms with Crippen molar-refractivity contribution in [3.8, 4) is 17.1 Å². The van der Waals surface area contributed by atoms with Gasteiger partial charge in [-0.25, -0.2) is 10.2 Å². The van der Waals surface area contributed by atoms with Gasteiger partial charge in [0.15, 0.2) is 11.0 Å². The standard InChI is InChI=1S/C24H27ClN6O2S/c1-16-7-13-20(14-8-16)31-22(17-9-11-18(25)12-10-17)28-30-24(31)34-15-21(32)27-29-23(33)26-19-5-3-2-4-6-19/h7-14,19H,2-6,15H2,1H3,(H,27,32)(H2,26,29,33). The maximum Gasteiger partial charge on any atom is 0.333 e. The Morgan fingerprint density at radius 3 is 2.41 bits per heavy atom. The molecule has 178 valence electrons. The number of hydrogen-bond acceptors (Lipinski definition) is 5. The third-order valence-electron chi connectivity index (χ3n) is 5.62. The van der Waals surface area contributed by atoms with Gasteiger partial charge in [0.25, 0.3) is 0 Å². The number of amides is 3. The van der Waals surface area contributed by atoms with Crippen LogP contribution in [-0.2, 0) is 4.79 Å². The Morgan fingerprint density at radius 2 is 1.71 bits per heavy atom. The molecule has 10 heteroatoms. The summed E-state index contributed by atoms with van der Waals surface area (Å²) in [6.07, 6.45) is 5.39. The monoisotopic (exact) mass is 498 g/mol. The number of thioether (sulfide) groups is 1. The van der Waals surface area contributed by atoms with Crippen molar-refractivity contribution < 1.29 is 9.59 Å². The highest BCUT2D eigenvalue weighted by atomic mass is 35.5. The lowest BCUT2D eigenvalue weighted by Gasteiger charge is -2.22. The first-order valence-corrected chi connectivity index (χ1v) is 12.6. The molecule has 8 nitrogen and oxygen atoms in total. The summed E-state index contributed by atoms with van der Waals surface area (Å²) in [5.74, 6) is 0.373. The van der Waals surface area contributed by atoms with E-state index in [1.807, 2.05) is 47.9 Å². The molecule has 0 atom stereocenters. The van der Waals surface area contributed by atoms with Gasteiger partial charge in [0.2, 0.25) is 5.91 Å². The number of urea groups is 1. The van der Waals surface area contributed by atoms with Crippen molar-refractivity contribution in [2.45, 2.75) is 50.2 Å². The average molecular weight is 499 g/mol. The smallest absolute Gasteiger partial charge is 0.333 e. The average Bonchev–Trinajstić information content (AvgIpc) is 3.27. The van der Waals surface area contributed by atoms with E-state index >= 15 is 0 Å². The summed E-state index contributed by atoms with van der Waals surface area (Å²) in [7, 11) is 0. The molecule has 0 aliphatic heterocycles. The van der Waals surface area contributed by atoms with Crippen LogP contribution in [0.1, 0.15) is 37.7 Å². The zero-order valence-electron chi connectivity index (χ0n) is 18.9. The Balaban J connectivity index is 1.42. The van der Waals surface area contributed by atoms with E-state index in [1.165, 1.54) is 18.2 Å². The van der Waals surface area contributed by atoms with E-state index in [1.54, 1.807) is 12.1 Å². The summed E-state index contributed by atoms with van der Waals surface area (Å²) in [6.45, 7) is 2.02. The van der Waals surface area contributed by atoms with Gasteiger partial charge in [-0.05, 0) is 56.2 Å². The van der Waals surface area contributed by atoms with Gasteiger partial charge in [-0.3, -0.25) is 14.8 Å². The van der Waals surface area contributed by atoms with Crippen LogP contribution in [0, 0.1) is 6.92 Å². The van der Waals surface area contributed by atoms with Crippen LogP contribution in [0.25, 0.3) is 17.1 Å². The molecule has 1 aliphatic rings. The molecular formula is C24H27ClN6O2S. The van der Waals surface area contributed by atoms with Gasteiger partial charge in [-0.1, -0.05) is 60.3 Å². The van der Waals surface area contributed by atoms with Crippen molar-refractivity contribution in [2.24, 2.45) is 0 Å². The van der Waals surface area contributed by atoms with E-state index in [4.69, 9.17) is 11.6 Å². The summed E-state index contributed by atoms with van der Waals surface area (Å²) < 4.78 is 1.91. The van der Waals surface area contributed by atoms with E-state index in [-0.39, 0.29) is 17.7 Å². The molecule has 0 unspecified atom stereocenters. The third kappa shape index (κ3) is 6.30. The first kappa shape index (κ1) is 24.1. The first-order chi connectivity index (χ1) is 16.5. The number of aromatic nitrogens is 3. The lowest BCUT2D eigenvalue weighted by atomic mass is 9.96. The molecule has 3 aromatic rings. The van der Waals surface area contributed by atoms with E-state index < -0.39 is 6.03 Å². The molecular weight excluding hydrogens is 472 g/mol. The minimum Gasteiger partial charge on any atom is -0.334 e. The zero-order chi connectivity index (χ0) is 23.9. The Labute approximate surface area is 207 Å². The summed E-state index contributed by atoms with van der Waals surface area (Å²) in [5.41, 5.74) is 7.77. The second-order valence-corrected chi connectivity index (χ2v) is 9.63. The number of rotatable bonds is 6. The van der Waals surface area contributed by atoms with Crippen LogP contribution < -0.4 is 16.2 Å². The van der Waals surface area contributed by atoms with Crippen LogP contribution in [0.15, 0.2) is 53.7 Å². The Kier molecular flexibility index (Phi) is 8.08. The van der Waals surface area contributed by atoms with Crippen LogP contribution in [0.4, 0.5) is 4.79 Å². The molecule has 34 heavy (non-hydrogen) atoms. The van der Waals surface area contributed by atoms with Crippen molar-refractivity contribution in [3.05, 3.63) is 59.1 Å². The Morgan fingerprint density at radius 1 is 1.00 bits per heavy atom. The molecule has 0 bridgehead atoms. The largest absolute Gasteiger partial charge is 0.334 e. The lowest BCUT2D eigenvalue weighted by molar-refractivity contribution is -0.119. The molecule has 1 saturated carbocycles. The predicted molar refractivity (Wildman–Crippen MR) is 134 cm³/mol. The normalized spacial score (nSPS) is 13.9. The fraction of sp³-hybridized carbons (Fsp3) is 0.333. The fourth-order valence-electron chi connectivity index (χ4n) is 3.84. The van der Waals surface area contributed by atoms with Crippen LogP contribution in [-0.4, -0.2) is 38.5 Å². The number of carbonyl (C=O) groups excluding carboxylic acids is 2. The van der Waals surface area contributed by atoms with Crippen LogP contribution in [0.2, 0.25) is 5.02 Å². The number of nitrogens with zero attached hydrogens (tertiary/aromatic N) is 3. The minimum atomic E-state index is -0.391. The molecule has 0 radical (unpaired) electrons. The van der Waals surface area contributed by atoms with Crippen molar-refractivity contribution >= 4 is 35.3 Å². The fourth-order valence-corrected chi connectivity index (χ4v) is 4.71. The third-order valence-corrected chi connectivity index (χ3v) is 6.80. The quantitative estimate of drug-likeness (QED) is 0.339. The van der Waals surface area contributed by atoms with E-state index in [2.05, 4.69) is 26.4 Å². The molecule has 4 rings (SSSR count). The Bertz CT molecular complexity index is 1130. The topological polar surface area (TPSA) is 101 Å². The maximum absolute atomic E-state index is 12.4. The number of aryl methyl sites for hydroxylation is 1. The molecule has 0 saturated heterocycles. The van der Waals surface area contributed by atoms with Crippen molar-refractivity contribution in [1.82, 2.24) is 30.9 Å². The molecule has 1 aromatic heterocycles. The highest BCUT2D eigenvalue weighted by Gasteiger charge is 2.18. The summed E-state index contributed by atoms with van der Waals surface area (Å²) >= 11 is 7.28. The summed E-state index contributed by atoms with van der Waals surface area (Å²) in [4.78, 5) is 24.4. The van der Waals surface area contributed by atoms with Crippen molar-refractivity contribution in [3.63, 3.8) is 0 Å². The molecule has 1 fully saturated rings. The zero-order valence-corrected chi connectivity index (χ0v) is 20.5. The molecule has 3 N–H and O–H groups in total. The maximum atomic E-state index is 12.4. The van der Waals surface area contributed by atoms with Crippen molar-refractivity contribution in [2.75, 3.05) is 5.75 Å². The van der Waals surface area contributed by atoms with E-state index in [0.29, 0.717) is 16.0 Å². The van der Waals surface area contributed by atoms with Gasteiger partial charge in [0.1, 0.15) is 0 Å². The second-order valence-electron chi connectivity index (χ2n) is 8.25. The van der Waals surface area contributed by atoms with Crippen LogP contribution in [0.5, 0.6) is 0 Å². The highest BCUT2D eigenvalue weighted by Crippen LogP contribution is 2.28. The number of nitrogens with one attached hydrogen (secondary N) is 3. The molecule has 1 heterocycles. The summed E-state index contributed by atoms with van der Waals surface area (Å²) in [5, 5.41) is 12.8. The number of hydrogen-bond donors (Lipinski definition) is 3. The number of benzene rings is 2. The van der Waals surface area contributed by atoms with Gasteiger partial charge < -0.3 is 5.32 Å². The summed E-state index contributed by atoms with van der Waals surface area (Å²) in [6, 6.07) is 15.1. The van der Waals surface area contributed by atoms with E-state index in [9.17, 15) is 9.59 Å². The first-order valence-electron chi connectivity index (χ1n) is 11.3. The SMILES string of the molecule is Cc1ccc(-n2c(SCC(=O)NNC(=O)NC3CCCCC3)nnc2-c2ccc(Cl)cc2)cc1. The Hall–Kier alpha value is -3.04. The predicted octanol–water partition coefficient (Wildman–Crippen LogP) is 4.65. The van der Waals surface area contributed by atoms with Crippen molar-refractivity contribution in [1.29, 1.82) is 0 Å². The molecule has 3 amide bonds. The van der Waals surface area contributed by atoms with Crippen LogP contribution >= 0.6 is 23.4 Å². The van der Waals surface area contributed by atoms with Gasteiger partial charge >= 0.3 is 6.03 Å². The van der Waals surface area contributed by atoms with Gasteiger partial charge in [0.05, 0.1) is 5.75 Å². The number of hydrazine groups is 1. The highest BCUT2D eigenvalue weighted by molar-refractivity contribution is 7.99.